The fourth-order valence-electron chi connectivity index (χ4n) is 3.31. The number of terminal acetylenes is 1. The molecular weight excluding hydrogens is 505 g/mol. The van der Waals surface area contributed by atoms with Crippen molar-refractivity contribution >= 4 is 25.0 Å². The number of hydrogen-bond acceptors (Lipinski definition) is 3. The Morgan fingerprint density at radius 1 is 0.649 bits per heavy atom. The monoisotopic (exact) mass is 566 g/mol. The van der Waals surface area contributed by atoms with E-state index in [2.05, 4.69) is 133 Å². The van der Waals surface area contributed by atoms with E-state index in [1.54, 1.807) is 0 Å². The van der Waals surface area contributed by atoms with E-state index in [0.29, 0.717) is 13.0 Å². The van der Waals surface area contributed by atoms with Crippen LogP contribution in [-0.2, 0) is 13.3 Å². The maximum absolute atomic E-state index is 7.12. The van der Waals surface area contributed by atoms with Gasteiger partial charge < -0.3 is 13.3 Å². The van der Waals surface area contributed by atoms with Gasteiger partial charge in [0.25, 0.3) is 0 Å². The van der Waals surface area contributed by atoms with Crippen LogP contribution in [0.3, 0.4) is 0 Å². The molecule has 0 rings (SSSR count). The van der Waals surface area contributed by atoms with E-state index in [0.717, 1.165) is 6.42 Å². The van der Waals surface area contributed by atoms with Gasteiger partial charge in [0.2, 0.25) is 0 Å². The van der Waals surface area contributed by atoms with Crippen LogP contribution < -0.4 is 0 Å². The molecule has 0 heterocycles. The third-order valence-corrected chi connectivity index (χ3v) is 22.8. The fraction of sp³-hybridized carbons (Fsp3) is 0.871. The summed E-state index contributed by atoms with van der Waals surface area (Å²) in [4.78, 5) is 0. The van der Waals surface area contributed by atoms with E-state index >= 15 is 0 Å². The van der Waals surface area contributed by atoms with Gasteiger partial charge in [0.05, 0.1) is 18.8 Å². The minimum atomic E-state index is -2.02. The van der Waals surface area contributed by atoms with Gasteiger partial charge in [-0.2, -0.15) is 0 Å². The molecule has 0 N–H and O–H groups in total. The predicted octanol–water partition coefficient (Wildman–Crippen LogP) is 9.48. The van der Waals surface area contributed by atoms with Crippen molar-refractivity contribution in [2.75, 3.05) is 6.61 Å². The quantitative estimate of drug-likeness (QED) is 0.184. The molecule has 0 radical (unpaired) electrons. The first-order valence-electron chi connectivity index (χ1n) is 14.2. The Kier molecular flexibility index (Phi) is 13.2. The van der Waals surface area contributed by atoms with Gasteiger partial charge in [0.1, 0.15) is 0 Å². The molecule has 0 amide bonds. The molecule has 0 saturated heterocycles. The average Bonchev–Trinajstić information content (AvgIpc) is 2.68. The van der Waals surface area contributed by atoms with Crippen molar-refractivity contribution in [3.05, 3.63) is 0 Å². The van der Waals surface area contributed by atoms with Gasteiger partial charge in [-0.05, 0) is 60.3 Å². The smallest absolute Gasteiger partial charge is 0.193 e. The zero-order valence-corrected chi connectivity index (χ0v) is 30.7. The molecule has 0 aromatic carbocycles. The lowest BCUT2D eigenvalue weighted by molar-refractivity contribution is 0.0100. The van der Waals surface area contributed by atoms with Crippen LogP contribution in [-0.4, -0.2) is 43.8 Å². The van der Waals surface area contributed by atoms with E-state index in [9.17, 15) is 0 Å². The van der Waals surface area contributed by atoms with E-state index in [4.69, 9.17) is 19.7 Å². The molecule has 0 aliphatic carbocycles. The molecule has 0 aliphatic rings. The lowest BCUT2D eigenvalue weighted by atomic mass is 9.86. The zero-order chi connectivity index (χ0) is 29.7. The molecule has 0 fully saturated rings. The number of rotatable bonds is 11. The van der Waals surface area contributed by atoms with Crippen LogP contribution >= 0.6 is 0 Å². The van der Waals surface area contributed by atoms with Crippen molar-refractivity contribution in [2.45, 2.75) is 156 Å². The Morgan fingerprint density at radius 2 is 1.08 bits per heavy atom. The van der Waals surface area contributed by atoms with Gasteiger partial charge >= 0.3 is 0 Å². The highest BCUT2D eigenvalue weighted by molar-refractivity contribution is 6.75. The molecule has 6 heteroatoms. The van der Waals surface area contributed by atoms with Gasteiger partial charge in [0.15, 0.2) is 25.0 Å². The third-order valence-electron chi connectivity index (χ3n) is 9.33. The Bertz CT molecular complexity index is 808. The normalized spacial score (nSPS) is 17.3. The van der Waals surface area contributed by atoms with Gasteiger partial charge in [-0.25, -0.2) is 0 Å². The Hall–Kier alpha value is -0.349. The summed E-state index contributed by atoms with van der Waals surface area (Å²) in [6.07, 6.45) is 7.24. The standard InChI is InChI=1S/C31H62O3Si3/c1-19-22-27(33-36(15,16)30(7,8)9)26(3)28(34-37(17,18)31(10,11)12)25(2)23-20-21-24-32-35(13,14)29(4,5)6/h1,25-28H,22-24H2,2-18H3/t25-,26-,27+,28-/m1/s1. The summed E-state index contributed by atoms with van der Waals surface area (Å²) in [5.74, 6) is 10.1. The Morgan fingerprint density at radius 3 is 1.49 bits per heavy atom. The topological polar surface area (TPSA) is 27.7 Å². The molecule has 0 aromatic heterocycles. The molecule has 4 atom stereocenters. The molecular formula is C31H62O3Si3. The summed E-state index contributed by atoms with van der Waals surface area (Å²) in [7, 11) is -5.81. The molecule has 0 bridgehead atoms. The maximum atomic E-state index is 7.12. The molecule has 37 heavy (non-hydrogen) atoms. The molecule has 3 nitrogen and oxygen atoms in total. The molecule has 216 valence electrons. The highest BCUT2D eigenvalue weighted by Crippen LogP contribution is 2.42. The summed E-state index contributed by atoms with van der Waals surface area (Å²) in [5.41, 5.74) is 0. The highest BCUT2D eigenvalue weighted by Gasteiger charge is 2.45. The molecule has 0 aliphatic heterocycles. The van der Waals surface area contributed by atoms with Crippen molar-refractivity contribution < 1.29 is 13.3 Å². The van der Waals surface area contributed by atoms with Crippen molar-refractivity contribution in [3.8, 4) is 24.2 Å². The maximum Gasteiger partial charge on any atom is 0.193 e. The minimum Gasteiger partial charge on any atom is -0.413 e. The Labute approximate surface area is 236 Å². The lowest BCUT2D eigenvalue weighted by Crippen LogP contribution is -2.52. The average molecular weight is 567 g/mol. The molecule has 0 spiro atoms. The van der Waals surface area contributed by atoms with E-state index in [1.165, 1.54) is 0 Å². The van der Waals surface area contributed by atoms with E-state index in [-0.39, 0.29) is 39.2 Å². The van der Waals surface area contributed by atoms with Crippen LogP contribution in [0, 0.1) is 36.0 Å². The summed E-state index contributed by atoms with van der Waals surface area (Å²) < 4.78 is 20.3. The zero-order valence-electron chi connectivity index (χ0n) is 27.7. The van der Waals surface area contributed by atoms with Crippen LogP contribution in [0.4, 0.5) is 0 Å². The SMILES string of the molecule is C#CC[C@H](O[Si](C)(C)C(C)(C)C)[C@@H](C)[C@H](O[Si](C)(C)C(C)(C)C)[C@H](C)CC#CCO[Si](C)(C)C(C)(C)C. The first kappa shape index (κ1) is 36.7. The fourth-order valence-corrected chi connectivity index (χ4v) is 7.07. The molecule has 0 unspecified atom stereocenters. The first-order chi connectivity index (χ1) is 16.3. The van der Waals surface area contributed by atoms with Gasteiger partial charge in [-0.1, -0.05) is 82.1 Å². The van der Waals surface area contributed by atoms with Gasteiger partial charge in [-0.3, -0.25) is 0 Å². The first-order valence-corrected chi connectivity index (χ1v) is 22.9. The third kappa shape index (κ3) is 11.0. The minimum absolute atomic E-state index is 0.0274. The highest BCUT2D eigenvalue weighted by atomic mass is 28.4. The van der Waals surface area contributed by atoms with Crippen LogP contribution in [0.25, 0.3) is 0 Å². The van der Waals surface area contributed by atoms with Gasteiger partial charge in [0, 0.05) is 18.8 Å². The largest absolute Gasteiger partial charge is 0.413 e. The van der Waals surface area contributed by atoms with Crippen molar-refractivity contribution in [1.82, 2.24) is 0 Å². The second-order valence-electron chi connectivity index (χ2n) is 15.6. The van der Waals surface area contributed by atoms with Crippen molar-refractivity contribution in [3.63, 3.8) is 0 Å². The van der Waals surface area contributed by atoms with Crippen LogP contribution in [0.15, 0.2) is 0 Å². The van der Waals surface area contributed by atoms with Crippen molar-refractivity contribution in [2.24, 2.45) is 11.8 Å². The van der Waals surface area contributed by atoms with Crippen LogP contribution in [0.2, 0.25) is 54.4 Å². The van der Waals surface area contributed by atoms with Crippen LogP contribution in [0.5, 0.6) is 0 Å². The summed E-state index contributed by atoms with van der Waals surface area (Å²) >= 11 is 0. The predicted molar refractivity (Wildman–Crippen MR) is 171 cm³/mol. The van der Waals surface area contributed by atoms with E-state index < -0.39 is 25.0 Å². The summed E-state index contributed by atoms with van der Waals surface area (Å²) in [6, 6.07) is 0. The second-order valence-corrected chi connectivity index (χ2v) is 29.9. The van der Waals surface area contributed by atoms with Crippen LogP contribution in [0.1, 0.15) is 89.0 Å². The van der Waals surface area contributed by atoms with Gasteiger partial charge in [-0.15, -0.1) is 18.3 Å². The summed E-state index contributed by atoms with van der Waals surface area (Å²) in [6.45, 7) is 39.4. The van der Waals surface area contributed by atoms with Crippen molar-refractivity contribution in [1.29, 1.82) is 0 Å². The lowest BCUT2D eigenvalue weighted by Gasteiger charge is -2.46. The summed E-state index contributed by atoms with van der Waals surface area (Å²) in [5, 5.41) is 0.432. The van der Waals surface area contributed by atoms with E-state index in [1.807, 2.05) is 0 Å². The Balaban J connectivity index is 5.96. The second kappa shape index (κ2) is 13.3. The molecule has 0 saturated carbocycles. The number of hydrogen-bond donors (Lipinski definition) is 0. The molecule has 0 aromatic rings.